The molecule has 88 valence electrons. The molecule has 0 saturated carbocycles. The van der Waals surface area contributed by atoms with E-state index in [9.17, 15) is 14.9 Å². The Balaban J connectivity index is 3.18. The van der Waals surface area contributed by atoms with Crippen molar-refractivity contribution in [3.63, 3.8) is 0 Å². The fourth-order valence-electron chi connectivity index (χ4n) is 1.13. The number of nitro groups is 1. The van der Waals surface area contributed by atoms with E-state index in [0.717, 1.165) is 12.1 Å². The van der Waals surface area contributed by atoms with Gasteiger partial charge in [0.15, 0.2) is 6.10 Å². The summed E-state index contributed by atoms with van der Waals surface area (Å²) in [4.78, 5) is 20.7. The van der Waals surface area contributed by atoms with Gasteiger partial charge >= 0.3 is 5.97 Å². The Morgan fingerprint density at radius 2 is 2.29 bits per heavy atom. The number of terminal acetylenes is 1. The van der Waals surface area contributed by atoms with Gasteiger partial charge in [-0.3, -0.25) is 10.1 Å². The van der Waals surface area contributed by atoms with Crippen LogP contribution in [0, 0.1) is 22.5 Å². The molecule has 1 N–H and O–H groups in total. The number of carboxylic acid groups (broad SMARTS) is 1. The van der Waals surface area contributed by atoms with Crippen molar-refractivity contribution < 1.29 is 19.6 Å². The van der Waals surface area contributed by atoms with Gasteiger partial charge in [0.25, 0.3) is 5.69 Å². The molecule has 1 aromatic rings. The zero-order valence-electron chi connectivity index (χ0n) is 8.91. The first-order chi connectivity index (χ1) is 7.95. The van der Waals surface area contributed by atoms with Crippen molar-refractivity contribution in [1.82, 2.24) is 0 Å². The standard InChI is InChI=1S/C11H9NO5/c1-3-7(2)17-10-5-4-8(12(15)16)6-9(10)11(13)14/h1,4-7H,2H3,(H,13,14). The summed E-state index contributed by atoms with van der Waals surface area (Å²) in [5.74, 6) is 0.964. The van der Waals surface area contributed by atoms with Gasteiger partial charge < -0.3 is 9.84 Å². The maximum Gasteiger partial charge on any atom is 0.339 e. The average Bonchev–Trinajstić information content (AvgIpc) is 2.28. The highest BCUT2D eigenvalue weighted by Gasteiger charge is 2.17. The summed E-state index contributed by atoms with van der Waals surface area (Å²) in [5, 5.41) is 19.4. The molecule has 1 rings (SSSR count). The summed E-state index contributed by atoms with van der Waals surface area (Å²) < 4.78 is 5.15. The number of nitrogens with zero attached hydrogens (tertiary/aromatic N) is 1. The monoisotopic (exact) mass is 235 g/mol. The lowest BCUT2D eigenvalue weighted by atomic mass is 10.2. The molecule has 0 amide bonds. The first-order valence-electron chi connectivity index (χ1n) is 4.60. The normalized spacial score (nSPS) is 11.3. The van der Waals surface area contributed by atoms with E-state index >= 15 is 0 Å². The molecular weight excluding hydrogens is 226 g/mol. The van der Waals surface area contributed by atoms with Gasteiger partial charge in [-0.15, -0.1) is 6.42 Å². The van der Waals surface area contributed by atoms with Gasteiger partial charge in [0.1, 0.15) is 11.3 Å². The van der Waals surface area contributed by atoms with Crippen LogP contribution >= 0.6 is 0 Å². The van der Waals surface area contributed by atoms with Crippen molar-refractivity contribution in [2.75, 3.05) is 0 Å². The third-order valence-electron chi connectivity index (χ3n) is 1.94. The number of nitro benzene ring substituents is 1. The number of aromatic carboxylic acids is 1. The van der Waals surface area contributed by atoms with Crippen molar-refractivity contribution in [3.05, 3.63) is 33.9 Å². The van der Waals surface area contributed by atoms with Gasteiger partial charge in [-0.05, 0) is 13.0 Å². The van der Waals surface area contributed by atoms with Crippen LogP contribution in [0.5, 0.6) is 5.75 Å². The highest BCUT2D eigenvalue weighted by Crippen LogP contribution is 2.25. The molecule has 0 aliphatic rings. The molecule has 0 fully saturated rings. The molecule has 1 aromatic carbocycles. The summed E-state index contributed by atoms with van der Waals surface area (Å²) in [6, 6.07) is 3.31. The van der Waals surface area contributed by atoms with Crippen LogP contribution < -0.4 is 4.74 Å². The second kappa shape index (κ2) is 4.99. The Morgan fingerprint density at radius 3 is 2.76 bits per heavy atom. The second-order valence-corrected chi connectivity index (χ2v) is 3.17. The molecule has 0 spiro atoms. The summed E-state index contributed by atoms with van der Waals surface area (Å²) in [6.07, 6.45) is 4.48. The lowest BCUT2D eigenvalue weighted by molar-refractivity contribution is -0.384. The molecule has 0 aliphatic heterocycles. The Bertz CT molecular complexity index is 503. The number of carbonyl (C=O) groups is 1. The first-order valence-corrected chi connectivity index (χ1v) is 4.60. The van der Waals surface area contributed by atoms with Crippen LogP contribution in [0.25, 0.3) is 0 Å². The smallest absolute Gasteiger partial charge is 0.339 e. The minimum Gasteiger partial charge on any atom is -0.478 e. The molecule has 0 saturated heterocycles. The molecule has 1 unspecified atom stereocenters. The zero-order chi connectivity index (χ0) is 13.0. The van der Waals surface area contributed by atoms with Gasteiger partial charge in [-0.1, -0.05) is 5.92 Å². The lowest BCUT2D eigenvalue weighted by Gasteiger charge is -2.11. The van der Waals surface area contributed by atoms with Gasteiger partial charge in [-0.25, -0.2) is 4.79 Å². The predicted octanol–water partition coefficient (Wildman–Crippen LogP) is 1.69. The number of ether oxygens (including phenoxy) is 1. The summed E-state index contributed by atoms with van der Waals surface area (Å²) in [5.41, 5.74) is -0.607. The third-order valence-corrected chi connectivity index (χ3v) is 1.94. The van der Waals surface area contributed by atoms with Crippen LogP contribution in [-0.4, -0.2) is 22.1 Å². The van der Waals surface area contributed by atoms with E-state index < -0.39 is 17.0 Å². The van der Waals surface area contributed by atoms with E-state index in [2.05, 4.69) is 5.92 Å². The largest absolute Gasteiger partial charge is 0.478 e. The highest BCUT2D eigenvalue weighted by atomic mass is 16.6. The number of carboxylic acids is 1. The quantitative estimate of drug-likeness (QED) is 0.487. The first kappa shape index (κ1) is 12.5. The fourth-order valence-corrected chi connectivity index (χ4v) is 1.13. The maximum absolute atomic E-state index is 10.9. The van der Waals surface area contributed by atoms with E-state index in [1.807, 2.05) is 0 Å². The number of hydrogen-bond acceptors (Lipinski definition) is 4. The molecule has 6 heteroatoms. The van der Waals surface area contributed by atoms with Crippen molar-refractivity contribution in [2.24, 2.45) is 0 Å². The highest BCUT2D eigenvalue weighted by molar-refractivity contribution is 5.91. The van der Waals surface area contributed by atoms with Gasteiger partial charge in [0, 0.05) is 12.1 Å². The SMILES string of the molecule is C#CC(C)Oc1ccc([N+](=O)[O-])cc1C(=O)O. The number of rotatable bonds is 4. The molecule has 0 heterocycles. The van der Waals surface area contributed by atoms with Crippen LogP contribution in [-0.2, 0) is 0 Å². The molecule has 0 bridgehead atoms. The van der Waals surface area contributed by atoms with E-state index in [4.69, 9.17) is 16.3 Å². The molecular formula is C11H9NO5. The molecule has 17 heavy (non-hydrogen) atoms. The minimum atomic E-state index is -1.31. The average molecular weight is 235 g/mol. The van der Waals surface area contributed by atoms with Gasteiger partial charge in [0.2, 0.25) is 0 Å². The summed E-state index contributed by atoms with van der Waals surface area (Å²) in [7, 11) is 0. The Morgan fingerprint density at radius 1 is 1.65 bits per heavy atom. The molecule has 0 aromatic heterocycles. The van der Waals surface area contributed by atoms with Crippen molar-refractivity contribution in [3.8, 4) is 18.1 Å². The summed E-state index contributed by atoms with van der Waals surface area (Å²) >= 11 is 0. The van der Waals surface area contributed by atoms with Crippen molar-refractivity contribution in [1.29, 1.82) is 0 Å². The minimum absolute atomic E-state index is 0.00792. The second-order valence-electron chi connectivity index (χ2n) is 3.17. The van der Waals surface area contributed by atoms with E-state index in [1.54, 1.807) is 6.92 Å². The number of benzene rings is 1. The van der Waals surface area contributed by atoms with E-state index in [-0.39, 0.29) is 17.0 Å². The number of non-ortho nitro benzene ring substituents is 1. The predicted molar refractivity (Wildman–Crippen MR) is 59.0 cm³/mol. The summed E-state index contributed by atoms with van der Waals surface area (Å²) in [6.45, 7) is 1.56. The lowest BCUT2D eigenvalue weighted by Crippen LogP contribution is -2.11. The van der Waals surface area contributed by atoms with Gasteiger partial charge in [-0.2, -0.15) is 0 Å². The molecule has 1 atom stereocenters. The van der Waals surface area contributed by atoms with Crippen molar-refractivity contribution >= 4 is 11.7 Å². The Labute approximate surface area is 97.0 Å². The molecule has 0 aliphatic carbocycles. The molecule has 0 radical (unpaired) electrons. The van der Waals surface area contributed by atoms with Crippen LogP contribution in [0.15, 0.2) is 18.2 Å². The van der Waals surface area contributed by atoms with E-state index in [1.165, 1.54) is 6.07 Å². The zero-order valence-corrected chi connectivity index (χ0v) is 8.91. The molecule has 6 nitrogen and oxygen atoms in total. The van der Waals surface area contributed by atoms with E-state index in [0.29, 0.717) is 0 Å². The van der Waals surface area contributed by atoms with Crippen LogP contribution in [0.1, 0.15) is 17.3 Å². The topological polar surface area (TPSA) is 89.7 Å². The maximum atomic E-state index is 10.9. The van der Waals surface area contributed by atoms with Crippen molar-refractivity contribution in [2.45, 2.75) is 13.0 Å². The van der Waals surface area contributed by atoms with Gasteiger partial charge in [0.05, 0.1) is 4.92 Å². The number of hydrogen-bond donors (Lipinski definition) is 1. The van der Waals surface area contributed by atoms with Crippen LogP contribution in [0.3, 0.4) is 0 Å². The Kier molecular flexibility index (Phi) is 3.67. The fraction of sp³-hybridized carbons (Fsp3) is 0.182. The third kappa shape index (κ3) is 2.95. The Hall–Kier alpha value is -2.55. The van der Waals surface area contributed by atoms with Crippen LogP contribution in [0.2, 0.25) is 0 Å². The van der Waals surface area contributed by atoms with Crippen LogP contribution in [0.4, 0.5) is 5.69 Å².